The van der Waals surface area contributed by atoms with Crippen LogP contribution in [0.2, 0.25) is 0 Å². The predicted molar refractivity (Wildman–Crippen MR) is 144 cm³/mol. The van der Waals surface area contributed by atoms with Gasteiger partial charge in [0.05, 0.1) is 11.5 Å². The zero-order chi connectivity index (χ0) is 26.8. The van der Waals surface area contributed by atoms with Gasteiger partial charge in [-0.1, -0.05) is 50.1 Å². The fraction of sp³-hybridized carbons (Fsp3) is 0.379. The van der Waals surface area contributed by atoms with Crippen molar-refractivity contribution in [1.29, 1.82) is 0 Å². The van der Waals surface area contributed by atoms with E-state index in [4.69, 9.17) is 0 Å². The second-order valence-corrected chi connectivity index (χ2v) is 9.32. The number of hydrogen-bond acceptors (Lipinski definition) is 4. The van der Waals surface area contributed by atoms with Gasteiger partial charge in [-0.25, -0.2) is 0 Å². The number of carbonyl (C=O) groups is 2. The summed E-state index contributed by atoms with van der Waals surface area (Å²) in [6, 6.07) is 17.9. The van der Waals surface area contributed by atoms with Gasteiger partial charge >= 0.3 is 0 Å². The zero-order valence-electron chi connectivity index (χ0n) is 21.9. The first-order valence-electron chi connectivity index (χ1n) is 12.8. The third-order valence-corrected chi connectivity index (χ3v) is 6.28. The van der Waals surface area contributed by atoms with Crippen LogP contribution in [-0.2, 0) is 17.9 Å². The van der Waals surface area contributed by atoms with Gasteiger partial charge in [-0.15, -0.1) is 0 Å². The summed E-state index contributed by atoms with van der Waals surface area (Å²) >= 11 is 0. The molecule has 8 heteroatoms. The fourth-order valence-corrected chi connectivity index (χ4v) is 4.28. The number of amides is 2. The lowest BCUT2D eigenvalue weighted by molar-refractivity contribution is -0.384. The molecule has 0 radical (unpaired) electrons. The summed E-state index contributed by atoms with van der Waals surface area (Å²) in [6.07, 6.45) is 4.55. The van der Waals surface area contributed by atoms with E-state index in [1.165, 1.54) is 40.3 Å². The lowest BCUT2D eigenvalue weighted by Gasteiger charge is -2.28. The maximum absolute atomic E-state index is 13.5. The van der Waals surface area contributed by atoms with Gasteiger partial charge in [-0.3, -0.25) is 19.7 Å². The van der Waals surface area contributed by atoms with E-state index in [-0.39, 0.29) is 24.0 Å². The van der Waals surface area contributed by atoms with Crippen molar-refractivity contribution in [2.24, 2.45) is 0 Å². The maximum Gasteiger partial charge on any atom is 0.269 e. The normalized spacial score (nSPS) is 10.8. The Labute approximate surface area is 218 Å². The first-order chi connectivity index (χ1) is 17.8. The monoisotopic (exact) mass is 504 g/mol. The van der Waals surface area contributed by atoms with Gasteiger partial charge in [-0.2, -0.15) is 0 Å². The fourth-order valence-electron chi connectivity index (χ4n) is 4.28. The summed E-state index contributed by atoms with van der Waals surface area (Å²) < 4.78 is 2.16. The number of aromatic nitrogens is 1. The lowest BCUT2D eigenvalue weighted by atomic mass is 10.1. The molecule has 0 bridgehead atoms. The molecule has 2 aromatic carbocycles. The molecule has 0 aliphatic heterocycles. The molecule has 0 aliphatic rings. The van der Waals surface area contributed by atoms with E-state index < -0.39 is 4.92 Å². The Morgan fingerprint density at radius 2 is 1.70 bits per heavy atom. The van der Waals surface area contributed by atoms with Crippen molar-refractivity contribution in [3.63, 3.8) is 0 Å². The molecular formula is C29H36N4O4. The minimum absolute atomic E-state index is 0.0358. The lowest BCUT2D eigenvalue weighted by Crippen LogP contribution is -2.43. The van der Waals surface area contributed by atoms with E-state index in [0.29, 0.717) is 31.6 Å². The molecular weight excluding hydrogens is 468 g/mol. The average molecular weight is 505 g/mol. The number of carbonyl (C=O) groups excluding carboxylic acids is 2. The van der Waals surface area contributed by atoms with Gasteiger partial charge in [0.2, 0.25) is 5.91 Å². The van der Waals surface area contributed by atoms with Gasteiger partial charge in [0.15, 0.2) is 0 Å². The number of nitro benzene ring substituents is 1. The number of aryl methyl sites for hydroxylation is 1. The predicted octanol–water partition coefficient (Wildman–Crippen LogP) is 5.43. The molecule has 0 saturated heterocycles. The van der Waals surface area contributed by atoms with Crippen molar-refractivity contribution in [3.05, 3.63) is 99.4 Å². The summed E-state index contributed by atoms with van der Waals surface area (Å²) in [7, 11) is 0. The molecule has 37 heavy (non-hydrogen) atoms. The molecule has 3 aromatic rings. The third-order valence-electron chi connectivity index (χ3n) is 6.28. The molecule has 0 unspecified atom stereocenters. The van der Waals surface area contributed by atoms with Crippen molar-refractivity contribution < 1.29 is 14.5 Å². The summed E-state index contributed by atoms with van der Waals surface area (Å²) in [4.78, 5) is 40.5. The topological polar surface area (TPSA) is 88.7 Å². The Morgan fingerprint density at radius 3 is 2.35 bits per heavy atom. The Kier molecular flexibility index (Phi) is 10.0. The van der Waals surface area contributed by atoms with Crippen LogP contribution < -0.4 is 0 Å². The minimum Gasteiger partial charge on any atom is -0.345 e. The van der Waals surface area contributed by atoms with E-state index in [0.717, 1.165) is 25.1 Å². The number of rotatable bonds is 13. The molecule has 0 aliphatic carbocycles. The molecule has 2 amide bonds. The smallest absolute Gasteiger partial charge is 0.269 e. The summed E-state index contributed by atoms with van der Waals surface area (Å²) in [6.45, 7) is 8.29. The molecule has 0 fully saturated rings. The Hall–Kier alpha value is -3.94. The molecule has 3 rings (SSSR count). The summed E-state index contributed by atoms with van der Waals surface area (Å²) in [5.41, 5.74) is 3.70. The molecule has 0 spiro atoms. The highest BCUT2D eigenvalue weighted by Crippen LogP contribution is 2.16. The maximum atomic E-state index is 13.5. The quantitative estimate of drug-likeness (QED) is 0.229. The Balaban J connectivity index is 1.75. The van der Waals surface area contributed by atoms with Crippen LogP contribution in [0.25, 0.3) is 0 Å². The van der Waals surface area contributed by atoms with Gasteiger partial charge < -0.3 is 14.4 Å². The van der Waals surface area contributed by atoms with E-state index in [1.54, 1.807) is 0 Å². The van der Waals surface area contributed by atoms with Crippen LogP contribution in [0.15, 0.2) is 66.9 Å². The SMILES string of the molecule is CCCCN(Cc1cccn1Cc1cccc(C)c1)C(=O)CN(CCC)C(=O)c1ccc([N+](=O)[O-])cc1. The molecule has 1 heterocycles. The van der Waals surface area contributed by atoms with E-state index in [2.05, 4.69) is 42.7 Å². The summed E-state index contributed by atoms with van der Waals surface area (Å²) in [5, 5.41) is 11.0. The number of hydrogen-bond donors (Lipinski definition) is 0. The third kappa shape index (κ3) is 7.77. The summed E-state index contributed by atoms with van der Waals surface area (Å²) in [5.74, 6) is -0.413. The molecule has 0 atom stereocenters. The number of nitro groups is 1. The second kappa shape index (κ2) is 13.4. The van der Waals surface area contributed by atoms with Crippen LogP contribution in [0.5, 0.6) is 0 Å². The van der Waals surface area contributed by atoms with Crippen LogP contribution in [0.1, 0.15) is 60.3 Å². The van der Waals surface area contributed by atoms with Crippen molar-refractivity contribution in [3.8, 4) is 0 Å². The van der Waals surface area contributed by atoms with E-state index in [1.807, 2.05) is 30.2 Å². The zero-order valence-corrected chi connectivity index (χ0v) is 21.9. The average Bonchev–Trinajstić information content (AvgIpc) is 3.32. The Morgan fingerprint density at radius 1 is 0.946 bits per heavy atom. The van der Waals surface area contributed by atoms with Crippen LogP contribution in [0, 0.1) is 17.0 Å². The van der Waals surface area contributed by atoms with Gasteiger partial charge in [-0.05, 0) is 49.6 Å². The van der Waals surface area contributed by atoms with Crippen LogP contribution in [0.3, 0.4) is 0 Å². The van der Waals surface area contributed by atoms with Gasteiger partial charge in [0.25, 0.3) is 11.6 Å². The van der Waals surface area contributed by atoms with Crippen molar-refractivity contribution in [2.75, 3.05) is 19.6 Å². The number of nitrogens with zero attached hydrogens (tertiary/aromatic N) is 4. The van der Waals surface area contributed by atoms with Crippen LogP contribution in [0.4, 0.5) is 5.69 Å². The Bertz CT molecular complexity index is 1200. The molecule has 0 saturated carbocycles. The van der Waals surface area contributed by atoms with Gasteiger partial charge in [0.1, 0.15) is 6.54 Å². The van der Waals surface area contributed by atoms with E-state index in [9.17, 15) is 19.7 Å². The van der Waals surface area contributed by atoms with Crippen molar-refractivity contribution >= 4 is 17.5 Å². The number of unbranched alkanes of at least 4 members (excludes halogenated alkanes) is 1. The highest BCUT2D eigenvalue weighted by molar-refractivity contribution is 5.96. The largest absolute Gasteiger partial charge is 0.345 e. The molecule has 196 valence electrons. The standard InChI is InChI=1S/C29H36N4O4/c1-4-6-17-31(21-27-11-8-18-30(27)20-24-10-7-9-23(3)19-24)28(34)22-32(16-5-2)29(35)25-12-14-26(15-13-25)33(36)37/h7-15,18-19H,4-6,16-17,20-22H2,1-3H3. The highest BCUT2D eigenvalue weighted by atomic mass is 16.6. The van der Waals surface area contributed by atoms with E-state index >= 15 is 0 Å². The van der Waals surface area contributed by atoms with Crippen molar-refractivity contribution in [1.82, 2.24) is 14.4 Å². The molecule has 8 nitrogen and oxygen atoms in total. The van der Waals surface area contributed by atoms with Crippen LogP contribution in [-0.4, -0.2) is 50.7 Å². The number of non-ortho nitro benzene ring substituents is 1. The highest BCUT2D eigenvalue weighted by Gasteiger charge is 2.23. The minimum atomic E-state index is -0.498. The first kappa shape index (κ1) is 27.6. The molecule has 0 N–H and O–H groups in total. The second-order valence-electron chi connectivity index (χ2n) is 9.32. The van der Waals surface area contributed by atoms with Crippen molar-refractivity contribution in [2.45, 2.75) is 53.1 Å². The first-order valence-corrected chi connectivity index (χ1v) is 12.8. The number of benzene rings is 2. The van der Waals surface area contributed by atoms with Gasteiger partial charge in [0, 0.05) is 49.2 Å². The van der Waals surface area contributed by atoms with Crippen LogP contribution >= 0.6 is 0 Å². The molecule has 1 aromatic heterocycles.